The molecule has 4 aliphatic carbocycles. The molecule has 0 spiro atoms. The quantitative estimate of drug-likeness (QED) is 0.466. The fourth-order valence-corrected chi connectivity index (χ4v) is 7.14. The maximum Gasteiger partial charge on any atom is 0.129 e. The van der Waals surface area contributed by atoms with Crippen LogP contribution in [0.4, 0.5) is 0 Å². The Labute approximate surface area is 175 Å². The van der Waals surface area contributed by atoms with Crippen molar-refractivity contribution in [3.63, 3.8) is 0 Å². The molecule has 0 unspecified atom stereocenters. The molecule has 0 aromatic heterocycles. The Morgan fingerprint density at radius 1 is 1.10 bits per heavy atom. The molecule has 2 fully saturated rings. The van der Waals surface area contributed by atoms with Crippen molar-refractivity contribution in [1.29, 1.82) is 0 Å². The van der Waals surface area contributed by atoms with Crippen molar-refractivity contribution in [3.05, 3.63) is 65.0 Å². The van der Waals surface area contributed by atoms with Gasteiger partial charge in [0.1, 0.15) is 18.1 Å². The van der Waals surface area contributed by atoms with Crippen molar-refractivity contribution in [3.8, 4) is 5.75 Å². The smallest absolute Gasteiger partial charge is 0.129 e. The van der Waals surface area contributed by atoms with E-state index in [-0.39, 0.29) is 12.0 Å². The fraction of sp³-hybridized carbons (Fsp3) is 0.556. The zero-order chi connectivity index (χ0) is 20.1. The Bertz CT molecular complexity index is 877. The van der Waals surface area contributed by atoms with Gasteiger partial charge in [-0.25, -0.2) is 0 Å². The Kier molecular flexibility index (Phi) is 4.74. The summed E-state index contributed by atoms with van der Waals surface area (Å²) in [4.78, 5) is 0. The van der Waals surface area contributed by atoms with E-state index in [4.69, 9.17) is 4.74 Å². The second kappa shape index (κ2) is 7.16. The minimum atomic E-state index is -0.0155. The zero-order valence-corrected chi connectivity index (χ0v) is 17.9. The van der Waals surface area contributed by atoms with Crippen LogP contribution >= 0.6 is 0 Å². The van der Waals surface area contributed by atoms with E-state index in [9.17, 15) is 5.11 Å². The van der Waals surface area contributed by atoms with Gasteiger partial charge in [-0.1, -0.05) is 55.3 Å². The van der Waals surface area contributed by atoms with E-state index in [1.165, 1.54) is 44.1 Å². The summed E-state index contributed by atoms with van der Waals surface area (Å²) in [5, 5.41) is 10.2. The molecule has 4 aliphatic rings. The maximum absolute atomic E-state index is 10.2. The van der Waals surface area contributed by atoms with Crippen molar-refractivity contribution in [1.82, 2.24) is 0 Å². The van der Waals surface area contributed by atoms with Gasteiger partial charge in [0, 0.05) is 5.41 Å². The molecular weight excluding hydrogens is 356 g/mol. The number of hydrogen-bond acceptors (Lipinski definition) is 2. The van der Waals surface area contributed by atoms with Crippen molar-refractivity contribution >= 4 is 0 Å². The third kappa shape index (κ3) is 2.94. The molecule has 5 rings (SSSR count). The standard InChI is InChI=1S/C27H34O2/c1-26-16-7-6-8-19(26)11-12-21-22-13-14-24(27(22,2)17-15-23(21)26)25(18-28)29-20-9-4-3-5-10-20/h3-5,8-10,15,21-22,28H,6-7,11-14,16-18H2,1-2H3/t21-,22-,26-,27-/m0/s1. The molecule has 1 aromatic carbocycles. The number of allylic oxidation sites excluding steroid dienone is 5. The Morgan fingerprint density at radius 3 is 2.72 bits per heavy atom. The molecule has 1 aromatic rings. The van der Waals surface area contributed by atoms with Gasteiger partial charge in [0.25, 0.3) is 0 Å². The molecule has 154 valence electrons. The van der Waals surface area contributed by atoms with Crippen LogP contribution in [0, 0.1) is 22.7 Å². The fourth-order valence-electron chi connectivity index (χ4n) is 7.14. The van der Waals surface area contributed by atoms with E-state index in [1.54, 1.807) is 11.1 Å². The largest absolute Gasteiger partial charge is 0.459 e. The highest BCUT2D eigenvalue weighted by molar-refractivity contribution is 5.41. The van der Waals surface area contributed by atoms with Crippen LogP contribution < -0.4 is 4.74 Å². The van der Waals surface area contributed by atoms with E-state index in [1.807, 2.05) is 30.3 Å². The van der Waals surface area contributed by atoms with Gasteiger partial charge in [0.05, 0.1) is 0 Å². The van der Waals surface area contributed by atoms with E-state index in [2.05, 4.69) is 26.0 Å². The lowest BCUT2D eigenvalue weighted by molar-refractivity contribution is 0.137. The van der Waals surface area contributed by atoms with Gasteiger partial charge in [-0.3, -0.25) is 0 Å². The number of aliphatic hydroxyl groups excluding tert-OH is 1. The molecule has 0 heterocycles. The van der Waals surface area contributed by atoms with Gasteiger partial charge < -0.3 is 9.84 Å². The summed E-state index contributed by atoms with van der Waals surface area (Å²) in [7, 11) is 0. The highest BCUT2D eigenvalue weighted by Gasteiger charge is 2.54. The van der Waals surface area contributed by atoms with Gasteiger partial charge in [0.15, 0.2) is 0 Å². The minimum absolute atomic E-state index is 0.0155. The van der Waals surface area contributed by atoms with Crippen LogP contribution in [0.3, 0.4) is 0 Å². The van der Waals surface area contributed by atoms with Crippen LogP contribution in [0.15, 0.2) is 65.0 Å². The molecule has 2 saturated carbocycles. The van der Waals surface area contributed by atoms with Gasteiger partial charge in [0.2, 0.25) is 0 Å². The molecule has 0 amide bonds. The highest BCUT2D eigenvalue weighted by Crippen LogP contribution is 2.64. The summed E-state index contributed by atoms with van der Waals surface area (Å²) in [6.45, 7) is 4.94. The molecule has 2 heteroatoms. The topological polar surface area (TPSA) is 29.5 Å². The molecule has 0 radical (unpaired) electrons. The van der Waals surface area contributed by atoms with Crippen molar-refractivity contribution in [2.75, 3.05) is 6.61 Å². The summed E-state index contributed by atoms with van der Waals surface area (Å²) in [5.74, 6) is 2.99. The van der Waals surface area contributed by atoms with Crippen molar-refractivity contribution < 1.29 is 9.84 Å². The molecule has 0 saturated heterocycles. The molecule has 1 N–H and O–H groups in total. The van der Waals surface area contributed by atoms with Gasteiger partial charge in [-0.2, -0.15) is 0 Å². The van der Waals surface area contributed by atoms with Crippen molar-refractivity contribution in [2.24, 2.45) is 22.7 Å². The molecular formula is C27H34O2. The van der Waals surface area contributed by atoms with E-state index in [0.717, 1.165) is 24.4 Å². The SMILES string of the molecule is C[C@]12CCCC=C1CC[C@@H]1C2=CC[C@]2(C)C(=C(CO)Oc3ccccc3)CC[C@@H]12. The van der Waals surface area contributed by atoms with E-state index in [0.29, 0.717) is 17.3 Å². The Balaban J connectivity index is 1.51. The molecule has 2 nitrogen and oxygen atoms in total. The molecule has 0 bridgehead atoms. The first-order valence-corrected chi connectivity index (χ1v) is 11.5. The van der Waals surface area contributed by atoms with Gasteiger partial charge in [-0.05, 0) is 86.3 Å². The van der Waals surface area contributed by atoms with Crippen LogP contribution in [-0.2, 0) is 0 Å². The number of ether oxygens (including phenoxy) is 1. The van der Waals surface area contributed by atoms with Crippen LogP contribution in [0.1, 0.15) is 65.2 Å². The monoisotopic (exact) mass is 390 g/mol. The van der Waals surface area contributed by atoms with Crippen molar-refractivity contribution in [2.45, 2.75) is 65.2 Å². The first-order valence-electron chi connectivity index (χ1n) is 11.5. The van der Waals surface area contributed by atoms with Crippen LogP contribution in [0.5, 0.6) is 5.75 Å². The third-order valence-corrected chi connectivity index (χ3v) is 8.65. The van der Waals surface area contributed by atoms with E-state index < -0.39 is 0 Å². The second-order valence-corrected chi connectivity index (χ2v) is 10.0. The Morgan fingerprint density at radius 2 is 1.93 bits per heavy atom. The van der Waals surface area contributed by atoms with Gasteiger partial charge >= 0.3 is 0 Å². The Hall–Kier alpha value is -1.80. The average Bonchev–Trinajstić information content (AvgIpc) is 3.09. The lowest BCUT2D eigenvalue weighted by Gasteiger charge is -2.53. The van der Waals surface area contributed by atoms with Crippen LogP contribution in [0.2, 0.25) is 0 Å². The second-order valence-electron chi connectivity index (χ2n) is 10.0. The third-order valence-electron chi connectivity index (χ3n) is 8.65. The van der Waals surface area contributed by atoms with Crippen LogP contribution in [-0.4, -0.2) is 11.7 Å². The predicted octanol–water partition coefficient (Wildman–Crippen LogP) is 6.58. The zero-order valence-electron chi connectivity index (χ0n) is 17.9. The summed E-state index contributed by atoms with van der Waals surface area (Å²) in [6, 6.07) is 9.92. The number of fused-ring (bicyclic) bond motifs is 5. The predicted molar refractivity (Wildman–Crippen MR) is 117 cm³/mol. The summed E-state index contributed by atoms with van der Waals surface area (Å²) in [6.07, 6.45) is 15.0. The summed E-state index contributed by atoms with van der Waals surface area (Å²) >= 11 is 0. The summed E-state index contributed by atoms with van der Waals surface area (Å²) in [5.41, 5.74) is 5.25. The molecule has 0 aliphatic heterocycles. The summed E-state index contributed by atoms with van der Waals surface area (Å²) < 4.78 is 6.20. The normalized spacial score (nSPS) is 37.6. The molecule has 29 heavy (non-hydrogen) atoms. The van der Waals surface area contributed by atoms with Gasteiger partial charge in [-0.15, -0.1) is 0 Å². The van der Waals surface area contributed by atoms with E-state index >= 15 is 0 Å². The first-order chi connectivity index (χ1) is 14.1. The lowest BCUT2D eigenvalue weighted by atomic mass is 9.52. The minimum Gasteiger partial charge on any atom is -0.459 e. The number of para-hydroxylation sites is 1. The van der Waals surface area contributed by atoms with Crippen LogP contribution in [0.25, 0.3) is 0 Å². The maximum atomic E-state index is 10.2. The molecule has 4 atom stereocenters. The number of aliphatic hydroxyl groups is 1. The first kappa shape index (κ1) is 19.2. The number of hydrogen-bond donors (Lipinski definition) is 1. The lowest BCUT2D eigenvalue weighted by Crippen LogP contribution is -2.42. The highest BCUT2D eigenvalue weighted by atomic mass is 16.5. The average molecular weight is 391 g/mol. The number of benzene rings is 1. The number of rotatable bonds is 3.